The van der Waals surface area contributed by atoms with Crippen LogP contribution in [0.1, 0.15) is 46.0 Å². The van der Waals surface area contributed by atoms with Crippen molar-refractivity contribution in [2.24, 2.45) is 0 Å². The van der Waals surface area contributed by atoms with Crippen LogP contribution in [0.3, 0.4) is 0 Å². The largest absolute Gasteiger partial charge is 0.314 e. The smallest absolute Gasteiger partial charge is 0.0284 e. The molecule has 0 spiro atoms. The van der Waals surface area contributed by atoms with Crippen LogP contribution in [-0.4, -0.2) is 47.6 Å². The van der Waals surface area contributed by atoms with Gasteiger partial charge in [-0.25, -0.2) is 0 Å². The molecule has 1 saturated carbocycles. The molecule has 3 heteroatoms. The van der Waals surface area contributed by atoms with Gasteiger partial charge in [-0.3, -0.25) is 4.90 Å². The molecule has 2 unspecified atom stereocenters. The van der Waals surface area contributed by atoms with Gasteiger partial charge >= 0.3 is 0 Å². The van der Waals surface area contributed by atoms with Crippen molar-refractivity contribution < 1.29 is 0 Å². The van der Waals surface area contributed by atoms with Crippen molar-refractivity contribution in [1.82, 2.24) is 10.2 Å². The van der Waals surface area contributed by atoms with Crippen molar-refractivity contribution >= 4 is 11.8 Å². The predicted molar refractivity (Wildman–Crippen MR) is 77.8 cm³/mol. The van der Waals surface area contributed by atoms with Crippen molar-refractivity contribution in [2.75, 3.05) is 25.9 Å². The Morgan fingerprint density at radius 2 is 2.18 bits per heavy atom. The lowest BCUT2D eigenvalue weighted by Crippen LogP contribution is -2.53. The third-order valence-corrected chi connectivity index (χ3v) is 6.10. The quantitative estimate of drug-likeness (QED) is 0.814. The summed E-state index contributed by atoms with van der Waals surface area (Å²) in [7, 11) is 0. The second-order valence-electron chi connectivity index (χ2n) is 5.84. The zero-order valence-electron chi connectivity index (χ0n) is 11.7. The van der Waals surface area contributed by atoms with E-state index >= 15 is 0 Å². The fourth-order valence-electron chi connectivity index (χ4n) is 3.30. The van der Waals surface area contributed by atoms with E-state index in [-0.39, 0.29) is 0 Å². The summed E-state index contributed by atoms with van der Waals surface area (Å²) >= 11 is 2.11. The van der Waals surface area contributed by atoms with Gasteiger partial charge in [0.15, 0.2) is 0 Å². The van der Waals surface area contributed by atoms with E-state index in [0.717, 1.165) is 18.6 Å². The first-order valence-corrected chi connectivity index (χ1v) is 8.44. The van der Waals surface area contributed by atoms with Crippen molar-refractivity contribution in [1.29, 1.82) is 0 Å². The van der Waals surface area contributed by atoms with Crippen LogP contribution >= 0.6 is 11.8 Å². The van der Waals surface area contributed by atoms with Gasteiger partial charge in [0.05, 0.1) is 0 Å². The summed E-state index contributed by atoms with van der Waals surface area (Å²) in [5.74, 6) is 0. The molecule has 2 aliphatic rings. The predicted octanol–water partition coefficient (Wildman–Crippen LogP) is 2.73. The van der Waals surface area contributed by atoms with Crippen LogP contribution < -0.4 is 5.32 Å². The van der Waals surface area contributed by atoms with Crippen LogP contribution in [0.15, 0.2) is 0 Å². The summed E-state index contributed by atoms with van der Waals surface area (Å²) in [6, 6.07) is 1.52. The van der Waals surface area contributed by atoms with Crippen molar-refractivity contribution in [2.45, 2.75) is 62.8 Å². The number of piperidine rings is 1. The molecular formula is C14H28N2S. The second kappa shape index (κ2) is 5.94. The number of nitrogens with one attached hydrogen (secondary N) is 1. The van der Waals surface area contributed by atoms with E-state index in [9.17, 15) is 0 Å². The summed E-state index contributed by atoms with van der Waals surface area (Å²) in [4.78, 5) is 2.74. The molecule has 0 amide bonds. The fraction of sp³-hybridized carbons (Fsp3) is 1.00. The lowest BCUT2D eigenvalue weighted by molar-refractivity contribution is 0.107. The molecule has 2 atom stereocenters. The molecule has 100 valence electrons. The zero-order chi connectivity index (χ0) is 12.3. The molecule has 2 rings (SSSR count). The van der Waals surface area contributed by atoms with Crippen LogP contribution in [0, 0.1) is 0 Å². The Kier molecular flexibility index (Phi) is 4.79. The average molecular weight is 256 g/mol. The molecule has 0 aromatic carbocycles. The van der Waals surface area contributed by atoms with Crippen LogP contribution in [0.2, 0.25) is 0 Å². The monoisotopic (exact) mass is 256 g/mol. The SMILES string of the molecule is CCNC1CCN(CC2(SC)CCC2)C(C)C1. The Bertz CT molecular complexity index is 235. The van der Waals surface area contributed by atoms with Gasteiger partial charge in [-0.05, 0) is 52.0 Å². The standard InChI is InChI=1S/C14H28N2S/c1-4-15-13-6-9-16(12(2)10-13)11-14(17-3)7-5-8-14/h12-13,15H,4-11H2,1-3H3. The number of rotatable bonds is 5. The lowest BCUT2D eigenvalue weighted by Gasteiger charge is -2.47. The van der Waals surface area contributed by atoms with Gasteiger partial charge in [-0.1, -0.05) is 13.3 Å². The number of hydrogen-bond acceptors (Lipinski definition) is 3. The van der Waals surface area contributed by atoms with Gasteiger partial charge in [-0.2, -0.15) is 11.8 Å². The first-order valence-electron chi connectivity index (χ1n) is 7.22. The fourth-order valence-corrected chi connectivity index (χ4v) is 4.29. The number of likely N-dealkylation sites (tertiary alicyclic amines) is 1. The number of hydrogen-bond donors (Lipinski definition) is 1. The zero-order valence-corrected chi connectivity index (χ0v) is 12.5. The molecule has 1 aliphatic carbocycles. The molecule has 0 radical (unpaired) electrons. The van der Waals surface area contributed by atoms with Gasteiger partial charge in [0.1, 0.15) is 0 Å². The topological polar surface area (TPSA) is 15.3 Å². The minimum absolute atomic E-state index is 0.610. The molecule has 17 heavy (non-hydrogen) atoms. The maximum absolute atomic E-state index is 3.61. The Morgan fingerprint density at radius 1 is 1.41 bits per heavy atom. The maximum Gasteiger partial charge on any atom is 0.0284 e. The van der Waals surface area contributed by atoms with E-state index in [1.165, 1.54) is 45.2 Å². The third-order valence-electron chi connectivity index (χ3n) is 4.70. The van der Waals surface area contributed by atoms with Gasteiger partial charge in [0, 0.05) is 23.4 Å². The Hall–Kier alpha value is 0.270. The highest BCUT2D eigenvalue weighted by molar-refractivity contribution is 8.00. The lowest BCUT2D eigenvalue weighted by atomic mass is 9.82. The van der Waals surface area contributed by atoms with Crippen LogP contribution in [0.4, 0.5) is 0 Å². The van der Waals surface area contributed by atoms with Gasteiger partial charge in [0.2, 0.25) is 0 Å². The van der Waals surface area contributed by atoms with Crippen LogP contribution in [0.5, 0.6) is 0 Å². The Labute approximate surface area is 111 Å². The van der Waals surface area contributed by atoms with Crippen LogP contribution in [0.25, 0.3) is 0 Å². The molecule has 0 aromatic heterocycles. The molecule has 2 fully saturated rings. The summed E-state index contributed by atoms with van der Waals surface area (Å²) < 4.78 is 0.610. The van der Waals surface area contributed by atoms with Crippen molar-refractivity contribution in [3.05, 3.63) is 0 Å². The molecule has 1 saturated heterocycles. The van der Waals surface area contributed by atoms with E-state index < -0.39 is 0 Å². The van der Waals surface area contributed by atoms with Crippen molar-refractivity contribution in [3.8, 4) is 0 Å². The third kappa shape index (κ3) is 3.18. The molecule has 0 aromatic rings. The normalized spacial score (nSPS) is 33.4. The first kappa shape index (κ1) is 13.7. The Balaban J connectivity index is 1.82. The molecule has 2 nitrogen and oxygen atoms in total. The molecule has 0 bridgehead atoms. The van der Waals surface area contributed by atoms with E-state index in [4.69, 9.17) is 0 Å². The summed E-state index contributed by atoms with van der Waals surface area (Å²) in [5, 5.41) is 3.61. The van der Waals surface area contributed by atoms with Gasteiger partial charge in [-0.15, -0.1) is 0 Å². The number of nitrogens with zero attached hydrogens (tertiary/aromatic N) is 1. The highest BCUT2D eigenvalue weighted by Gasteiger charge is 2.39. The highest BCUT2D eigenvalue weighted by Crippen LogP contribution is 2.44. The number of thioether (sulfide) groups is 1. The minimum Gasteiger partial charge on any atom is -0.314 e. The van der Waals surface area contributed by atoms with Crippen LogP contribution in [-0.2, 0) is 0 Å². The summed E-state index contributed by atoms with van der Waals surface area (Å²) in [6.07, 6.45) is 9.29. The molecule has 1 N–H and O–H groups in total. The van der Waals surface area contributed by atoms with Gasteiger partial charge < -0.3 is 5.32 Å². The first-order chi connectivity index (χ1) is 8.19. The maximum atomic E-state index is 3.61. The second-order valence-corrected chi connectivity index (χ2v) is 7.11. The minimum atomic E-state index is 0.610. The molecule has 1 heterocycles. The summed E-state index contributed by atoms with van der Waals surface area (Å²) in [5.41, 5.74) is 0. The molecular weight excluding hydrogens is 228 g/mol. The van der Waals surface area contributed by atoms with E-state index in [2.05, 4.69) is 42.1 Å². The van der Waals surface area contributed by atoms with E-state index in [1.54, 1.807) is 0 Å². The van der Waals surface area contributed by atoms with E-state index in [0.29, 0.717) is 4.75 Å². The summed E-state index contributed by atoms with van der Waals surface area (Å²) in [6.45, 7) is 8.37. The molecule has 1 aliphatic heterocycles. The van der Waals surface area contributed by atoms with Crippen molar-refractivity contribution in [3.63, 3.8) is 0 Å². The highest BCUT2D eigenvalue weighted by atomic mass is 32.2. The van der Waals surface area contributed by atoms with Gasteiger partial charge in [0.25, 0.3) is 0 Å². The van der Waals surface area contributed by atoms with E-state index in [1.807, 2.05) is 0 Å². The Morgan fingerprint density at radius 3 is 2.65 bits per heavy atom. The average Bonchev–Trinajstić information content (AvgIpc) is 2.26.